The molecule has 0 radical (unpaired) electrons. The maximum absolute atomic E-state index is 13.3. The molecular weight excluding hydrogens is 410 g/mol. The van der Waals surface area contributed by atoms with E-state index in [0.717, 1.165) is 17.7 Å². The summed E-state index contributed by atoms with van der Waals surface area (Å²) in [6.45, 7) is 3.79. The number of amides is 3. The second-order valence-corrected chi connectivity index (χ2v) is 11.3. The van der Waals surface area contributed by atoms with E-state index in [4.69, 9.17) is 4.84 Å². The average Bonchev–Trinajstić information content (AvgIpc) is 3.26. The molecule has 10 nitrogen and oxygen atoms in total. The predicted octanol–water partition coefficient (Wildman–Crippen LogP) is 0.465. The Morgan fingerprint density at radius 2 is 2.03 bits per heavy atom. The van der Waals surface area contributed by atoms with Gasteiger partial charge in [-0.3, -0.25) is 14.5 Å². The number of carbonyl (C=O) groups excluding carboxylic acids is 2. The fourth-order valence-electron chi connectivity index (χ4n) is 4.79. The van der Waals surface area contributed by atoms with Crippen molar-refractivity contribution in [1.29, 1.82) is 5.26 Å². The van der Waals surface area contributed by atoms with Crippen LogP contribution in [-0.4, -0.2) is 72.2 Å². The van der Waals surface area contributed by atoms with E-state index in [2.05, 4.69) is 10.2 Å². The average molecular weight is 440 g/mol. The van der Waals surface area contributed by atoms with Crippen LogP contribution in [0.15, 0.2) is 0 Å². The number of hydroxylamine groups is 1. The molecule has 5 atom stereocenters. The number of nitrogens with one attached hydrogen (secondary N) is 2. The number of hydrogen-bond donors (Lipinski definition) is 2. The predicted molar refractivity (Wildman–Crippen MR) is 106 cm³/mol. The Balaban J connectivity index is 1.53. The summed E-state index contributed by atoms with van der Waals surface area (Å²) in [5.41, 5.74) is 2.46. The molecule has 4 fully saturated rings. The molecule has 2 saturated heterocycles. The van der Waals surface area contributed by atoms with Crippen molar-refractivity contribution < 1.29 is 22.8 Å². The molecule has 2 aliphatic carbocycles. The lowest BCUT2D eigenvalue weighted by Crippen LogP contribution is -2.65. The molecule has 2 N–H and O–H groups in total. The smallest absolute Gasteiger partial charge is 0.307 e. The van der Waals surface area contributed by atoms with E-state index in [1.165, 1.54) is 4.90 Å². The highest BCUT2D eigenvalue weighted by molar-refractivity contribution is 7.90. The Kier molecular flexibility index (Phi) is 5.55. The van der Waals surface area contributed by atoms with Gasteiger partial charge in [0.2, 0.25) is 15.9 Å². The highest BCUT2D eigenvalue weighted by atomic mass is 32.2. The Morgan fingerprint density at radius 3 is 2.63 bits per heavy atom. The summed E-state index contributed by atoms with van der Waals surface area (Å²) in [5.74, 6) is -0.995. The number of nitrogens with zero attached hydrogens (tertiary/aromatic N) is 3. The molecule has 0 bridgehead atoms. The van der Waals surface area contributed by atoms with Gasteiger partial charge >= 0.3 is 6.03 Å². The monoisotopic (exact) mass is 439 g/mol. The van der Waals surface area contributed by atoms with Crippen molar-refractivity contribution in [3.05, 3.63) is 0 Å². The SMILES string of the molecule is CC1CC(CN2C(=O)C3CC(S(=O)(=O)NC4(C)CC4)CCC3N(CC#N)C2=O)ON1. The molecule has 30 heavy (non-hydrogen) atoms. The van der Waals surface area contributed by atoms with Crippen molar-refractivity contribution in [2.45, 2.75) is 81.3 Å². The molecule has 11 heteroatoms. The van der Waals surface area contributed by atoms with Gasteiger partial charge in [0, 0.05) is 17.6 Å². The van der Waals surface area contributed by atoms with Crippen molar-refractivity contribution in [1.82, 2.24) is 20.0 Å². The van der Waals surface area contributed by atoms with Crippen LogP contribution in [0, 0.1) is 17.2 Å². The highest BCUT2D eigenvalue weighted by Gasteiger charge is 2.52. The molecule has 166 valence electrons. The topological polar surface area (TPSA) is 132 Å². The summed E-state index contributed by atoms with van der Waals surface area (Å²) in [6, 6.07) is 1.20. The first kappa shape index (κ1) is 21.5. The third kappa shape index (κ3) is 4.06. The number of nitriles is 1. The van der Waals surface area contributed by atoms with Crippen molar-refractivity contribution in [2.24, 2.45) is 5.92 Å². The van der Waals surface area contributed by atoms with Crippen molar-refractivity contribution in [3.8, 4) is 6.07 Å². The minimum Gasteiger partial charge on any atom is -0.307 e. The zero-order valence-electron chi connectivity index (χ0n) is 17.3. The minimum absolute atomic E-state index is 0.0912. The van der Waals surface area contributed by atoms with E-state index < -0.39 is 33.3 Å². The Hall–Kier alpha value is -1.74. The quantitative estimate of drug-likeness (QED) is 0.575. The lowest BCUT2D eigenvalue weighted by Gasteiger charge is -2.47. The zero-order valence-corrected chi connectivity index (χ0v) is 18.2. The van der Waals surface area contributed by atoms with Crippen LogP contribution in [0.1, 0.15) is 52.4 Å². The van der Waals surface area contributed by atoms with Gasteiger partial charge in [-0.15, -0.1) is 0 Å². The molecule has 2 aliphatic heterocycles. The van der Waals surface area contributed by atoms with Crippen molar-refractivity contribution >= 4 is 22.0 Å². The van der Waals surface area contributed by atoms with Crippen LogP contribution in [0.2, 0.25) is 0 Å². The van der Waals surface area contributed by atoms with Gasteiger partial charge < -0.3 is 4.90 Å². The van der Waals surface area contributed by atoms with Gasteiger partial charge in [-0.2, -0.15) is 10.7 Å². The van der Waals surface area contributed by atoms with Gasteiger partial charge in [-0.05, 0) is 52.4 Å². The first-order chi connectivity index (χ1) is 14.1. The number of urea groups is 1. The van der Waals surface area contributed by atoms with Crippen LogP contribution in [0.3, 0.4) is 0 Å². The number of hydrogen-bond acceptors (Lipinski definition) is 7. The van der Waals surface area contributed by atoms with Gasteiger partial charge in [0.25, 0.3) is 0 Å². The lowest BCUT2D eigenvalue weighted by atomic mass is 9.80. The van der Waals surface area contributed by atoms with Crippen LogP contribution in [0.25, 0.3) is 0 Å². The maximum atomic E-state index is 13.3. The summed E-state index contributed by atoms with van der Waals surface area (Å²) < 4.78 is 28.6. The molecule has 0 spiro atoms. The summed E-state index contributed by atoms with van der Waals surface area (Å²) >= 11 is 0. The number of rotatable bonds is 6. The normalized spacial score (nSPS) is 35.8. The van der Waals surface area contributed by atoms with E-state index >= 15 is 0 Å². The Morgan fingerprint density at radius 1 is 1.30 bits per heavy atom. The van der Waals surface area contributed by atoms with Crippen LogP contribution in [0.4, 0.5) is 4.79 Å². The van der Waals surface area contributed by atoms with Crippen molar-refractivity contribution in [3.63, 3.8) is 0 Å². The molecule has 0 aromatic carbocycles. The van der Waals surface area contributed by atoms with E-state index in [1.54, 1.807) is 0 Å². The minimum atomic E-state index is -3.57. The van der Waals surface area contributed by atoms with Gasteiger partial charge in [-0.1, -0.05) is 0 Å². The molecule has 2 saturated carbocycles. The van der Waals surface area contributed by atoms with E-state index in [9.17, 15) is 23.3 Å². The van der Waals surface area contributed by atoms with Gasteiger partial charge in [0.15, 0.2) is 0 Å². The van der Waals surface area contributed by atoms with Crippen LogP contribution in [-0.2, 0) is 19.7 Å². The fourth-order valence-corrected chi connectivity index (χ4v) is 6.76. The fraction of sp³-hybridized carbons (Fsp3) is 0.842. The van der Waals surface area contributed by atoms with E-state index in [1.807, 2.05) is 19.9 Å². The third-order valence-corrected chi connectivity index (χ3v) is 8.82. The first-order valence-electron chi connectivity index (χ1n) is 10.6. The first-order valence-corrected chi connectivity index (χ1v) is 12.1. The summed E-state index contributed by atoms with van der Waals surface area (Å²) in [5, 5.41) is 8.55. The molecule has 3 amide bonds. The molecule has 0 aromatic heterocycles. The van der Waals surface area contributed by atoms with Crippen LogP contribution >= 0.6 is 0 Å². The number of imide groups is 1. The second kappa shape index (κ2) is 7.75. The Labute approximate surface area is 176 Å². The van der Waals surface area contributed by atoms with Gasteiger partial charge in [0.1, 0.15) is 6.54 Å². The van der Waals surface area contributed by atoms with Crippen LogP contribution in [0.5, 0.6) is 0 Å². The number of carbonyl (C=O) groups is 2. The molecule has 0 aromatic rings. The standard InChI is InChI=1S/C19H29N5O5S/c1-12-9-13(29-21-12)11-24-17(25)15-10-14(30(27,28)22-19(2)5-6-19)3-4-16(15)23(8-7-20)18(24)26/h12-16,21-22H,3-6,8-11H2,1-2H3. The molecule has 5 unspecified atom stereocenters. The van der Waals surface area contributed by atoms with E-state index in [-0.39, 0.29) is 43.1 Å². The number of fused-ring (bicyclic) bond motifs is 1. The Bertz CT molecular complexity index is 867. The summed E-state index contributed by atoms with van der Waals surface area (Å²) in [4.78, 5) is 34.3. The summed E-state index contributed by atoms with van der Waals surface area (Å²) in [7, 11) is -3.57. The molecule has 2 heterocycles. The molecular formula is C19H29N5O5S. The van der Waals surface area contributed by atoms with Gasteiger partial charge in [0.05, 0.1) is 29.9 Å². The highest BCUT2D eigenvalue weighted by Crippen LogP contribution is 2.40. The third-order valence-electron chi connectivity index (χ3n) is 6.73. The van der Waals surface area contributed by atoms with Gasteiger partial charge in [-0.25, -0.2) is 17.9 Å². The lowest BCUT2D eigenvalue weighted by molar-refractivity contribution is -0.142. The second-order valence-electron chi connectivity index (χ2n) is 9.33. The molecule has 4 aliphatic rings. The molecule has 4 rings (SSSR count). The largest absolute Gasteiger partial charge is 0.327 e. The zero-order chi connectivity index (χ0) is 21.7. The van der Waals surface area contributed by atoms with Crippen LogP contribution < -0.4 is 10.2 Å². The summed E-state index contributed by atoms with van der Waals surface area (Å²) in [6.07, 6.45) is 2.86. The number of sulfonamides is 1. The van der Waals surface area contributed by atoms with Crippen molar-refractivity contribution in [2.75, 3.05) is 13.1 Å². The maximum Gasteiger partial charge on any atom is 0.327 e. The van der Waals surface area contributed by atoms with E-state index in [0.29, 0.717) is 19.3 Å².